The fraction of sp³-hybridized carbons (Fsp3) is 0.412. The number of alkyl halides is 3. The molecule has 0 spiro atoms. The first-order valence-corrected chi connectivity index (χ1v) is 8.54. The summed E-state index contributed by atoms with van der Waals surface area (Å²) in [6.07, 6.45) is -2.80. The first-order chi connectivity index (χ1) is 12.3. The predicted molar refractivity (Wildman–Crippen MR) is 95.0 cm³/mol. The SMILES string of the molecule is Cc1nn(-c2cccc(C(F)(F)F)c2)c(Cl)c1/C=N/N1CCN(C)CC1. The highest BCUT2D eigenvalue weighted by atomic mass is 35.5. The van der Waals surface area contributed by atoms with Gasteiger partial charge in [-0.15, -0.1) is 0 Å². The molecule has 0 saturated carbocycles. The second-order valence-electron chi connectivity index (χ2n) is 6.25. The molecular weight excluding hydrogens is 367 g/mol. The van der Waals surface area contributed by atoms with E-state index in [9.17, 15) is 13.2 Å². The summed E-state index contributed by atoms with van der Waals surface area (Å²) in [5.41, 5.74) is 0.715. The molecule has 0 atom stereocenters. The van der Waals surface area contributed by atoms with Gasteiger partial charge in [0.2, 0.25) is 0 Å². The molecular formula is C17H19ClF3N5. The van der Waals surface area contributed by atoms with Gasteiger partial charge in [-0.2, -0.15) is 23.4 Å². The number of aromatic nitrogens is 2. The van der Waals surface area contributed by atoms with Crippen LogP contribution in [0.25, 0.3) is 5.69 Å². The molecule has 1 aliphatic rings. The molecule has 140 valence electrons. The van der Waals surface area contributed by atoms with Crippen molar-refractivity contribution in [3.8, 4) is 5.69 Å². The van der Waals surface area contributed by atoms with Crippen LogP contribution in [0.4, 0.5) is 13.2 Å². The quantitative estimate of drug-likeness (QED) is 0.759. The van der Waals surface area contributed by atoms with Gasteiger partial charge < -0.3 is 4.90 Å². The summed E-state index contributed by atoms with van der Waals surface area (Å²) in [7, 11) is 2.06. The number of likely N-dealkylation sites (N-methyl/N-ethyl adjacent to an activating group) is 1. The first-order valence-electron chi connectivity index (χ1n) is 8.16. The molecule has 2 aromatic rings. The Morgan fingerprint density at radius 2 is 1.88 bits per heavy atom. The van der Waals surface area contributed by atoms with Crippen molar-refractivity contribution < 1.29 is 13.2 Å². The molecule has 1 saturated heterocycles. The van der Waals surface area contributed by atoms with Crippen LogP contribution in [0.2, 0.25) is 5.15 Å². The molecule has 2 heterocycles. The molecule has 0 radical (unpaired) electrons. The minimum atomic E-state index is -4.42. The molecule has 0 aliphatic carbocycles. The molecule has 0 bridgehead atoms. The van der Waals surface area contributed by atoms with Gasteiger partial charge >= 0.3 is 6.18 Å². The largest absolute Gasteiger partial charge is 0.416 e. The topological polar surface area (TPSA) is 36.7 Å². The summed E-state index contributed by atoms with van der Waals surface area (Å²) in [5.74, 6) is 0. The summed E-state index contributed by atoms with van der Waals surface area (Å²) in [6, 6.07) is 4.92. The summed E-state index contributed by atoms with van der Waals surface area (Å²) in [6.45, 7) is 5.22. The van der Waals surface area contributed by atoms with Crippen molar-refractivity contribution in [3.05, 3.63) is 46.2 Å². The van der Waals surface area contributed by atoms with Crippen LogP contribution in [0.5, 0.6) is 0 Å². The van der Waals surface area contributed by atoms with Gasteiger partial charge in [0.15, 0.2) is 0 Å². The average Bonchev–Trinajstić information content (AvgIpc) is 2.88. The third-order valence-corrected chi connectivity index (χ3v) is 4.66. The number of piperazine rings is 1. The Balaban J connectivity index is 1.87. The van der Waals surface area contributed by atoms with Crippen LogP contribution in [0, 0.1) is 6.92 Å². The second-order valence-corrected chi connectivity index (χ2v) is 6.61. The number of halogens is 4. The number of aryl methyl sites for hydroxylation is 1. The van der Waals surface area contributed by atoms with E-state index >= 15 is 0 Å². The van der Waals surface area contributed by atoms with Crippen LogP contribution < -0.4 is 0 Å². The Labute approximate surface area is 154 Å². The van der Waals surface area contributed by atoms with Gasteiger partial charge in [0.1, 0.15) is 5.15 Å². The Morgan fingerprint density at radius 3 is 2.54 bits per heavy atom. The first kappa shape index (κ1) is 18.7. The Morgan fingerprint density at radius 1 is 1.19 bits per heavy atom. The van der Waals surface area contributed by atoms with E-state index in [0.29, 0.717) is 11.3 Å². The zero-order valence-electron chi connectivity index (χ0n) is 14.5. The number of hydrogen-bond acceptors (Lipinski definition) is 4. The van der Waals surface area contributed by atoms with Crippen LogP contribution in [-0.2, 0) is 6.18 Å². The van der Waals surface area contributed by atoms with Gasteiger partial charge in [-0.25, -0.2) is 4.68 Å². The minimum Gasteiger partial charge on any atom is -0.303 e. The standard InChI is InChI=1S/C17H19ClF3N5/c1-12-15(11-22-25-8-6-24(2)7-9-25)16(18)26(23-12)14-5-3-4-13(10-14)17(19,20)21/h3-5,10-11H,6-9H2,1-2H3/b22-11+. The Bertz CT molecular complexity index is 807. The molecule has 0 unspecified atom stereocenters. The van der Waals surface area contributed by atoms with Gasteiger partial charge in [-0.05, 0) is 32.2 Å². The normalized spacial score (nSPS) is 16.6. The van der Waals surface area contributed by atoms with Gasteiger partial charge in [0.05, 0.1) is 28.7 Å². The minimum absolute atomic E-state index is 0.236. The maximum Gasteiger partial charge on any atom is 0.416 e. The van der Waals surface area contributed by atoms with Crippen molar-refractivity contribution in [2.75, 3.05) is 33.2 Å². The zero-order chi connectivity index (χ0) is 18.9. The van der Waals surface area contributed by atoms with Crippen LogP contribution in [0.3, 0.4) is 0 Å². The highest BCUT2D eigenvalue weighted by Gasteiger charge is 2.30. The van der Waals surface area contributed by atoms with Crippen LogP contribution in [0.15, 0.2) is 29.4 Å². The van der Waals surface area contributed by atoms with E-state index in [0.717, 1.165) is 38.3 Å². The number of hydrogen-bond donors (Lipinski definition) is 0. The molecule has 1 fully saturated rings. The molecule has 26 heavy (non-hydrogen) atoms. The molecule has 3 rings (SSSR count). The number of nitrogens with zero attached hydrogens (tertiary/aromatic N) is 5. The third-order valence-electron chi connectivity index (χ3n) is 4.30. The lowest BCUT2D eigenvalue weighted by molar-refractivity contribution is -0.137. The van der Waals surface area contributed by atoms with E-state index in [-0.39, 0.29) is 10.8 Å². The van der Waals surface area contributed by atoms with Crippen molar-refractivity contribution in [3.63, 3.8) is 0 Å². The summed E-state index contributed by atoms with van der Waals surface area (Å²) < 4.78 is 40.1. The number of hydrazone groups is 1. The van der Waals surface area contributed by atoms with Crippen molar-refractivity contribution in [1.82, 2.24) is 19.7 Å². The third kappa shape index (κ3) is 4.02. The Kier molecular flexibility index (Phi) is 5.24. The van der Waals surface area contributed by atoms with Crippen LogP contribution >= 0.6 is 11.6 Å². The van der Waals surface area contributed by atoms with E-state index in [1.165, 1.54) is 16.8 Å². The molecule has 1 aliphatic heterocycles. The molecule has 0 N–H and O–H groups in total. The van der Waals surface area contributed by atoms with Crippen molar-refractivity contribution in [1.29, 1.82) is 0 Å². The van der Waals surface area contributed by atoms with Crippen molar-refractivity contribution in [2.45, 2.75) is 13.1 Å². The Hall–Kier alpha value is -2.06. The summed E-state index contributed by atoms with van der Waals surface area (Å²) >= 11 is 6.37. The fourth-order valence-electron chi connectivity index (χ4n) is 2.69. The van der Waals surface area contributed by atoms with E-state index in [4.69, 9.17) is 11.6 Å². The number of rotatable bonds is 3. The highest BCUT2D eigenvalue weighted by molar-refractivity contribution is 6.32. The lowest BCUT2D eigenvalue weighted by Gasteiger charge is -2.30. The zero-order valence-corrected chi connectivity index (χ0v) is 15.2. The maximum absolute atomic E-state index is 12.9. The van der Waals surface area contributed by atoms with E-state index in [2.05, 4.69) is 22.1 Å². The van der Waals surface area contributed by atoms with Gasteiger partial charge in [-0.3, -0.25) is 5.01 Å². The highest BCUT2D eigenvalue weighted by Crippen LogP contribution is 2.31. The molecule has 1 aromatic carbocycles. The predicted octanol–water partition coefficient (Wildman–Crippen LogP) is 3.43. The van der Waals surface area contributed by atoms with Gasteiger partial charge in [-0.1, -0.05) is 17.7 Å². The summed E-state index contributed by atoms with van der Waals surface area (Å²) in [4.78, 5) is 2.22. The van der Waals surface area contributed by atoms with Gasteiger partial charge in [0.25, 0.3) is 0 Å². The average molecular weight is 386 g/mol. The van der Waals surface area contributed by atoms with E-state index in [1.54, 1.807) is 13.1 Å². The lowest BCUT2D eigenvalue weighted by atomic mass is 10.2. The lowest BCUT2D eigenvalue weighted by Crippen LogP contribution is -2.41. The number of benzene rings is 1. The smallest absolute Gasteiger partial charge is 0.303 e. The van der Waals surface area contributed by atoms with Crippen LogP contribution in [0.1, 0.15) is 16.8 Å². The van der Waals surface area contributed by atoms with Crippen LogP contribution in [-0.4, -0.2) is 59.1 Å². The van der Waals surface area contributed by atoms with Crippen molar-refractivity contribution in [2.24, 2.45) is 5.10 Å². The molecule has 9 heteroatoms. The van der Waals surface area contributed by atoms with Crippen molar-refractivity contribution >= 4 is 17.8 Å². The monoisotopic (exact) mass is 385 g/mol. The second kappa shape index (κ2) is 7.28. The van der Waals surface area contributed by atoms with E-state index < -0.39 is 11.7 Å². The molecule has 1 aromatic heterocycles. The molecule has 5 nitrogen and oxygen atoms in total. The summed E-state index contributed by atoms with van der Waals surface area (Å²) in [5, 5.41) is 10.9. The van der Waals surface area contributed by atoms with E-state index in [1.807, 2.05) is 5.01 Å². The maximum atomic E-state index is 12.9. The van der Waals surface area contributed by atoms with Gasteiger partial charge in [0, 0.05) is 26.2 Å². The molecule has 0 amide bonds. The fourth-order valence-corrected chi connectivity index (χ4v) is 3.01.